The van der Waals surface area contributed by atoms with Crippen molar-refractivity contribution in [2.75, 3.05) is 5.73 Å². The van der Waals surface area contributed by atoms with Crippen molar-refractivity contribution in [3.63, 3.8) is 0 Å². The van der Waals surface area contributed by atoms with Gasteiger partial charge in [0.25, 0.3) is 0 Å². The predicted octanol–water partition coefficient (Wildman–Crippen LogP) is 3.08. The molecule has 2 aromatic rings. The molecule has 1 aliphatic carbocycles. The summed E-state index contributed by atoms with van der Waals surface area (Å²) < 4.78 is 1.93. The molecule has 1 saturated carbocycles. The van der Waals surface area contributed by atoms with Crippen LogP contribution >= 0.6 is 11.6 Å². The van der Waals surface area contributed by atoms with Crippen molar-refractivity contribution < 1.29 is 0 Å². The molecule has 1 aromatic carbocycles. The van der Waals surface area contributed by atoms with Crippen LogP contribution in [0.5, 0.6) is 0 Å². The quantitative estimate of drug-likeness (QED) is 0.857. The highest BCUT2D eigenvalue weighted by Gasteiger charge is 2.21. The molecule has 1 fully saturated rings. The van der Waals surface area contributed by atoms with Crippen molar-refractivity contribution in [3.05, 3.63) is 23.2 Å². The summed E-state index contributed by atoms with van der Waals surface area (Å²) in [6.07, 6.45) is 6.07. The van der Waals surface area contributed by atoms with Crippen molar-refractivity contribution in [1.29, 1.82) is 0 Å². The van der Waals surface area contributed by atoms with Crippen molar-refractivity contribution >= 4 is 17.3 Å². The number of nitrogens with two attached hydrogens (primary N) is 1. The normalized spacial score (nSPS) is 16.7. The largest absolute Gasteiger partial charge is 0.398 e. The third-order valence-corrected chi connectivity index (χ3v) is 4.01. The average molecular weight is 278 g/mol. The smallest absolute Gasteiger partial charge is 0.182 e. The monoisotopic (exact) mass is 277 g/mol. The minimum atomic E-state index is 0.399. The number of hydrogen-bond donors (Lipinski definition) is 1. The number of hydrogen-bond acceptors (Lipinski definition) is 4. The Morgan fingerprint density at radius 3 is 2.74 bits per heavy atom. The summed E-state index contributed by atoms with van der Waals surface area (Å²) in [6.45, 7) is 0. The van der Waals surface area contributed by atoms with Crippen LogP contribution in [-0.2, 0) is 0 Å². The maximum absolute atomic E-state index is 5.95. The third-order valence-electron chi connectivity index (χ3n) is 3.67. The van der Waals surface area contributed by atoms with Gasteiger partial charge in [-0.1, -0.05) is 30.9 Å². The first kappa shape index (κ1) is 12.4. The van der Waals surface area contributed by atoms with Gasteiger partial charge < -0.3 is 5.73 Å². The van der Waals surface area contributed by atoms with Gasteiger partial charge in [-0.25, -0.2) is 4.68 Å². The molecular weight excluding hydrogens is 262 g/mol. The summed E-state index contributed by atoms with van der Waals surface area (Å²) in [6, 6.07) is 5.92. The van der Waals surface area contributed by atoms with E-state index in [4.69, 9.17) is 17.3 Å². The molecule has 1 aromatic heterocycles. The molecule has 0 spiro atoms. The van der Waals surface area contributed by atoms with Crippen LogP contribution < -0.4 is 5.73 Å². The fourth-order valence-corrected chi connectivity index (χ4v) is 2.76. The van der Waals surface area contributed by atoms with Gasteiger partial charge in [-0.15, -0.1) is 5.10 Å². The zero-order valence-corrected chi connectivity index (χ0v) is 11.3. The molecule has 3 rings (SSSR count). The molecular formula is C13H16ClN5. The van der Waals surface area contributed by atoms with Crippen LogP contribution in [-0.4, -0.2) is 20.2 Å². The molecule has 0 bridgehead atoms. The lowest BCUT2D eigenvalue weighted by molar-refractivity contribution is 0.327. The Hall–Kier alpha value is -1.62. The molecule has 19 heavy (non-hydrogen) atoms. The van der Waals surface area contributed by atoms with Crippen molar-refractivity contribution in [3.8, 4) is 11.4 Å². The van der Waals surface area contributed by atoms with Gasteiger partial charge in [0.15, 0.2) is 5.82 Å². The van der Waals surface area contributed by atoms with Crippen LogP contribution in [0.3, 0.4) is 0 Å². The van der Waals surface area contributed by atoms with Crippen LogP contribution in [0.25, 0.3) is 11.4 Å². The van der Waals surface area contributed by atoms with Gasteiger partial charge >= 0.3 is 0 Å². The summed E-state index contributed by atoms with van der Waals surface area (Å²) in [5.74, 6) is 0.773. The summed E-state index contributed by atoms with van der Waals surface area (Å²) >= 11 is 5.95. The summed E-state index contributed by atoms with van der Waals surface area (Å²) in [5.41, 5.74) is 7.31. The topological polar surface area (TPSA) is 69.6 Å². The Bertz CT molecular complexity index is 574. The number of halogens is 1. The maximum atomic E-state index is 5.95. The standard InChI is InChI=1S/C13H16ClN5/c14-11-7-6-9(8-12(11)15)13-16-17-18-19(13)10-4-2-1-3-5-10/h6-8,10H,1-5,15H2. The van der Waals surface area contributed by atoms with E-state index in [1.165, 1.54) is 19.3 Å². The van der Waals surface area contributed by atoms with Gasteiger partial charge in [0.2, 0.25) is 0 Å². The average Bonchev–Trinajstić information content (AvgIpc) is 2.92. The molecule has 100 valence electrons. The van der Waals surface area contributed by atoms with E-state index < -0.39 is 0 Å². The summed E-state index contributed by atoms with van der Waals surface area (Å²) in [5, 5.41) is 12.7. The van der Waals surface area contributed by atoms with Gasteiger partial charge in [-0.3, -0.25) is 0 Å². The van der Waals surface area contributed by atoms with Crippen molar-refractivity contribution in [2.24, 2.45) is 0 Å². The highest BCUT2D eigenvalue weighted by Crippen LogP contribution is 2.31. The fourth-order valence-electron chi connectivity index (χ4n) is 2.64. The van der Waals surface area contributed by atoms with Crippen LogP contribution in [0.4, 0.5) is 5.69 Å². The van der Waals surface area contributed by atoms with Gasteiger partial charge in [0, 0.05) is 5.56 Å². The van der Waals surface area contributed by atoms with Gasteiger partial charge in [-0.05, 0) is 41.5 Å². The minimum absolute atomic E-state index is 0.399. The predicted molar refractivity (Wildman–Crippen MR) is 74.8 cm³/mol. The van der Waals surface area contributed by atoms with Crippen LogP contribution in [0, 0.1) is 0 Å². The third kappa shape index (κ3) is 2.42. The Labute approximate surface area is 116 Å². The lowest BCUT2D eigenvalue weighted by atomic mass is 9.95. The Kier molecular flexibility index (Phi) is 3.38. The molecule has 0 aliphatic heterocycles. The molecule has 1 aliphatic rings. The second-order valence-electron chi connectivity index (χ2n) is 4.98. The van der Waals surface area contributed by atoms with Crippen molar-refractivity contribution in [2.45, 2.75) is 38.1 Å². The van der Waals surface area contributed by atoms with E-state index in [0.29, 0.717) is 16.8 Å². The van der Waals surface area contributed by atoms with Gasteiger partial charge in [-0.2, -0.15) is 0 Å². The van der Waals surface area contributed by atoms with Gasteiger partial charge in [0.05, 0.1) is 16.8 Å². The van der Waals surface area contributed by atoms with E-state index in [2.05, 4.69) is 15.5 Å². The number of tetrazole rings is 1. The molecule has 0 unspecified atom stereocenters. The second kappa shape index (κ2) is 5.17. The highest BCUT2D eigenvalue weighted by molar-refractivity contribution is 6.33. The Morgan fingerprint density at radius 2 is 2.00 bits per heavy atom. The van der Waals surface area contributed by atoms with Crippen LogP contribution in [0.2, 0.25) is 5.02 Å². The molecule has 5 nitrogen and oxygen atoms in total. The lowest BCUT2D eigenvalue weighted by Crippen LogP contribution is -2.15. The van der Waals surface area contributed by atoms with E-state index in [0.717, 1.165) is 24.2 Å². The highest BCUT2D eigenvalue weighted by atomic mass is 35.5. The number of rotatable bonds is 2. The minimum Gasteiger partial charge on any atom is -0.398 e. The number of benzene rings is 1. The molecule has 0 saturated heterocycles. The molecule has 0 radical (unpaired) electrons. The molecule has 0 atom stereocenters. The summed E-state index contributed by atoms with van der Waals surface area (Å²) in [4.78, 5) is 0. The second-order valence-corrected chi connectivity index (χ2v) is 5.38. The molecule has 1 heterocycles. The Morgan fingerprint density at radius 1 is 1.21 bits per heavy atom. The number of aromatic nitrogens is 4. The molecule has 6 heteroatoms. The first-order chi connectivity index (χ1) is 9.25. The zero-order valence-electron chi connectivity index (χ0n) is 10.6. The van der Waals surface area contributed by atoms with Crippen LogP contribution in [0.1, 0.15) is 38.1 Å². The fraction of sp³-hybridized carbons (Fsp3) is 0.462. The van der Waals surface area contributed by atoms with Crippen molar-refractivity contribution in [1.82, 2.24) is 20.2 Å². The van der Waals surface area contributed by atoms with E-state index in [-0.39, 0.29) is 0 Å². The van der Waals surface area contributed by atoms with E-state index >= 15 is 0 Å². The zero-order chi connectivity index (χ0) is 13.2. The van der Waals surface area contributed by atoms with E-state index in [1.807, 2.05) is 16.8 Å². The first-order valence-electron chi connectivity index (χ1n) is 6.59. The SMILES string of the molecule is Nc1cc(-c2nnnn2C2CCCCC2)ccc1Cl. The van der Waals surface area contributed by atoms with Gasteiger partial charge in [0.1, 0.15) is 0 Å². The number of anilines is 1. The van der Waals surface area contributed by atoms with Crippen LogP contribution in [0.15, 0.2) is 18.2 Å². The summed E-state index contributed by atoms with van der Waals surface area (Å²) in [7, 11) is 0. The number of nitrogen functional groups attached to an aromatic ring is 1. The molecule has 2 N–H and O–H groups in total. The first-order valence-corrected chi connectivity index (χ1v) is 6.97. The van der Waals surface area contributed by atoms with E-state index in [1.54, 1.807) is 6.07 Å². The maximum Gasteiger partial charge on any atom is 0.182 e. The van der Waals surface area contributed by atoms with E-state index in [9.17, 15) is 0 Å². The molecule has 0 amide bonds. The number of nitrogens with zero attached hydrogens (tertiary/aromatic N) is 4. The Balaban J connectivity index is 1.96. The lowest BCUT2D eigenvalue weighted by Gasteiger charge is -2.22.